The Bertz CT molecular complexity index is 908. The number of amides is 1. The van der Waals surface area contributed by atoms with Gasteiger partial charge in [-0.2, -0.15) is 0 Å². The highest BCUT2D eigenvalue weighted by molar-refractivity contribution is 6.30. The van der Waals surface area contributed by atoms with E-state index in [1.54, 1.807) is 18.7 Å². The molecule has 1 atom stereocenters. The van der Waals surface area contributed by atoms with Gasteiger partial charge in [0.1, 0.15) is 5.38 Å². The van der Waals surface area contributed by atoms with E-state index < -0.39 is 11.3 Å². The van der Waals surface area contributed by atoms with Crippen LogP contribution < -0.4 is 4.90 Å². The molecular weight excluding hydrogens is 380 g/mol. The van der Waals surface area contributed by atoms with Gasteiger partial charge in [-0.1, -0.05) is 0 Å². The Hall–Kier alpha value is -2.41. The van der Waals surface area contributed by atoms with Crippen LogP contribution in [0.3, 0.4) is 0 Å². The van der Waals surface area contributed by atoms with Crippen LogP contribution in [-0.2, 0) is 9.53 Å². The first-order valence-electron chi connectivity index (χ1n) is 9.45. The molecule has 0 N–H and O–H groups in total. The molecule has 3 rings (SSSR count). The third-order valence-electron chi connectivity index (χ3n) is 4.96. The fourth-order valence-electron chi connectivity index (χ4n) is 3.25. The largest absolute Gasteiger partial charge is 0.461 e. The molecule has 0 bridgehead atoms. The van der Waals surface area contributed by atoms with E-state index in [9.17, 15) is 9.59 Å². The van der Waals surface area contributed by atoms with E-state index in [4.69, 9.17) is 21.3 Å². The summed E-state index contributed by atoms with van der Waals surface area (Å²) in [5.74, 6) is -0.0686. The van der Waals surface area contributed by atoms with Crippen molar-refractivity contribution >= 4 is 40.3 Å². The van der Waals surface area contributed by atoms with Crippen molar-refractivity contribution in [1.29, 1.82) is 0 Å². The minimum absolute atomic E-state index is 0.0809. The lowest BCUT2D eigenvalue weighted by Crippen LogP contribution is -2.51. The van der Waals surface area contributed by atoms with Gasteiger partial charge in [0.05, 0.1) is 17.6 Å². The number of carbonyl (C=O) groups is 2. The predicted molar refractivity (Wildman–Crippen MR) is 109 cm³/mol. The highest BCUT2D eigenvalue weighted by atomic mass is 35.5. The first-order chi connectivity index (χ1) is 13.3. The van der Waals surface area contributed by atoms with Crippen molar-refractivity contribution in [1.82, 2.24) is 14.9 Å². The Morgan fingerprint density at radius 3 is 2.21 bits per heavy atom. The molecule has 1 saturated heterocycles. The average molecular weight is 405 g/mol. The number of nitrogens with zero attached hydrogens (tertiary/aromatic N) is 4. The van der Waals surface area contributed by atoms with Gasteiger partial charge in [-0.25, -0.2) is 14.8 Å². The summed E-state index contributed by atoms with van der Waals surface area (Å²) in [6, 6.07) is 3.91. The summed E-state index contributed by atoms with van der Waals surface area (Å²) in [6.07, 6.45) is 0. The first-order valence-corrected chi connectivity index (χ1v) is 9.89. The number of aryl methyl sites for hydroxylation is 2. The van der Waals surface area contributed by atoms with Gasteiger partial charge in [-0.3, -0.25) is 4.79 Å². The molecule has 1 aromatic carbocycles. The third-order valence-corrected chi connectivity index (χ3v) is 5.15. The number of ether oxygens (including phenoxy) is 1. The van der Waals surface area contributed by atoms with E-state index in [2.05, 4.69) is 4.98 Å². The maximum atomic E-state index is 12.5. The van der Waals surface area contributed by atoms with Crippen LogP contribution in [0.25, 0.3) is 11.0 Å². The second-order valence-electron chi connectivity index (χ2n) is 6.97. The number of anilines is 1. The molecule has 150 valence electrons. The maximum Gasteiger partial charge on any atom is 0.360 e. The van der Waals surface area contributed by atoms with Crippen molar-refractivity contribution in [2.24, 2.45) is 0 Å². The molecule has 0 radical (unpaired) electrons. The van der Waals surface area contributed by atoms with E-state index in [1.807, 2.05) is 30.9 Å². The van der Waals surface area contributed by atoms with E-state index in [0.717, 1.165) is 16.6 Å². The van der Waals surface area contributed by atoms with Crippen molar-refractivity contribution in [3.63, 3.8) is 0 Å². The van der Waals surface area contributed by atoms with Gasteiger partial charge in [0.15, 0.2) is 11.5 Å². The standard InChI is InChI=1S/C20H25ClN4O3/c1-5-28-20(27)17-18(23-16-11-13(3)12(2)10-15(16)22-17)24-6-8-25(9-7-24)19(26)14(4)21/h10-11,14H,5-9H2,1-4H3/t14-/m0/s1. The minimum atomic E-state index is -0.548. The van der Waals surface area contributed by atoms with Gasteiger partial charge < -0.3 is 14.5 Å². The Morgan fingerprint density at radius 1 is 1.11 bits per heavy atom. The summed E-state index contributed by atoms with van der Waals surface area (Å²) in [5.41, 5.74) is 3.82. The van der Waals surface area contributed by atoms with E-state index in [0.29, 0.717) is 37.5 Å². The molecule has 0 unspecified atom stereocenters. The molecule has 1 aliphatic rings. The average Bonchev–Trinajstić information content (AvgIpc) is 2.67. The second-order valence-corrected chi connectivity index (χ2v) is 7.62. The molecule has 2 heterocycles. The molecule has 0 spiro atoms. The number of esters is 1. The van der Waals surface area contributed by atoms with Crippen molar-refractivity contribution in [3.8, 4) is 0 Å². The van der Waals surface area contributed by atoms with Crippen LogP contribution in [0.15, 0.2) is 12.1 Å². The smallest absolute Gasteiger partial charge is 0.360 e. The molecule has 0 saturated carbocycles. The van der Waals surface area contributed by atoms with Crippen LogP contribution in [0.1, 0.15) is 35.5 Å². The van der Waals surface area contributed by atoms with Crippen LogP contribution in [0, 0.1) is 13.8 Å². The van der Waals surface area contributed by atoms with Crippen LogP contribution in [0.5, 0.6) is 0 Å². The molecule has 28 heavy (non-hydrogen) atoms. The van der Waals surface area contributed by atoms with Gasteiger partial charge in [0.2, 0.25) is 5.91 Å². The lowest BCUT2D eigenvalue weighted by atomic mass is 10.1. The number of carbonyl (C=O) groups excluding carboxylic acids is 2. The molecule has 8 heteroatoms. The first kappa shape index (κ1) is 20.3. The van der Waals surface area contributed by atoms with Gasteiger partial charge in [0.25, 0.3) is 0 Å². The predicted octanol–water partition coefficient (Wildman–Crippen LogP) is 2.70. The number of hydrogen-bond donors (Lipinski definition) is 0. The number of rotatable bonds is 4. The Morgan fingerprint density at radius 2 is 1.68 bits per heavy atom. The summed E-state index contributed by atoms with van der Waals surface area (Å²) in [7, 11) is 0. The second kappa shape index (κ2) is 8.31. The highest BCUT2D eigenvalue weighted by Gasteiger charge is 2.28. The zero-order valence-electron chi connectivity index (χ0n) is 16.7. The normalized spacial score (nSPS) is 15.6. The Kier molecular flexibility index (Phi) is 6.03. The van der Waals surface area contributed by atoms with Gasteiger partial charge in [-0.15, -0.1) is 11.6 Å². The van der Waals surface area contributed by atoms with Crippen LogP contribution in [0.2, 0.25) is 0 Å². The van der Waals surface area contributed by atoms with Crippen molar-refractivity contribution in [2.45, 2.75) is 33.1 Å². The van der Waals surface area contributed by atoms with E-state index in [1.165, 1.54) is 0 Å². The van der Waals surface area contributed by atoms with Gasteiger partial charge in [0, 0.05) is 26.2 Å². The van der Waals surface area contributed by atoms with Crippen LogP contribution in [-0.4, -0.2) is 64.9 Å². The number of piperazine rings is 1. The number of alkyl halides is 1. The molecule has 7 nitrogen and oxygen atoms in total. The number of aromatic nitrogens is 2. The summed E-state index contributed by atoms with van der Waals surface area (Å²) < 4.78 is 5.20. The molecule has 1 fully saturated rings. The molecule has 2 aromatic rings. The number of halogens is 1. The fourth-order valence-corrected chi connectivity index (χ4v) is 3.39. The molecule has 1 aromatic heterocycles. The van der Waals surface area contributed by atoms with Crippen molar-refractivity contribution in [3.05, 3.63) is 29.0 Å². The Labute approximate surface area is 169 Å². The summed E-state index contributed by atoms with van der Waals surface area (Å²) in [6.45, 7) is 9.86. The molecular formula is C20H25ClN4O3. The topological polar surface area (TPSA) is 75.6 Å². The molecule has 0 aliphatic carbocycles. The summed E-state index contributed by atoms with van der Waals surface area (Å²) in [4.78, 5) is 37.7. The fraction of sp³-hybridized carbons (Fsp3) is 0.500. The third kappa shape index (κ3) is 4.04. The van der Waals surface area contributed by atoms with E-state index >= 15 is 0 Å². The lowest BCUT2D eigenvalue weighted by molar-refractivity contribution is -0.130. The molecule has 1 aliphatic heterocycles. The number of fused-ring (bicyclic) bond motifs is 1. The summed E-state index contributed by atoms with van der Waals surface area (Å²) in [5, 5.41) is -0.548. The van der Waals surface area contributed by atoms with Crippen molar-refractivity contribution < 1.29 is 14.3 Å². The Balaban J connectivity index is 1.96. The lowest BCUT2D eigenvalue weighted by Gasteiger charge is -2.36. The van der Waals surface area contributed by atoms with Crippen LogP contribution >= 0.6 is 11.6 Å². The van der Waals surface area contributed by atoms with Crippen molar-refractivity contribution in [2.75, 3.05) is 37.7 Å². The van der Waals surface area contributed by atoms with E-state index in [-0.39, 0.29) is 18.2 Å². The zero-order valence-corrected chi connectivity index (χ0v) is 17.4. The maximum absolute atomic E-state index is 12.5. The SMILES string of the molecule is CCOC(=O)c1nc2cc(C)c(C)cc2nc1N1CCN(C(=O)[C@H](C)Cl)CC1. The van der Waals surface area contributed by atoms with Crippen LogP contribution in [0.4, 0.5) is 5.82 Å². The highest BCUT2D eigenvalue weighted by Crippen LogP contribution is 2.25. The molecule has 1 amide bonds. The monoisotopic (exact) mass is 404 g/mol. The van der Waals surface area contributed by atoms with Gasteiger partial charge >= 0.3 is 5.97 Å². The van der Waals surface area contributed by atoms with Gasteiger partial charge in [-0.05, 0) is 51.0 Å². The summed E-state index contributed by atoms with van der Waals surface area (Å²) >= 11 is 5.92. The quantitative estimate of drug-likeness (QED) is 0.576. The number of hydrogen-bond acceptors (Lipinski definition) is 6. The zero-order chi connectivity index (χ0) is 20.4. The minimum Gasteiger partial charge on any atom is -0.461 e. The number of benzene rings is 1.